The quantitative estimate of drug-likeness (QED) is 0.0609. The highest BCUT2D eigenvalue weighted by Gasteiger charge is 2.24. The van der Waals surface area contributed by atoms with E-state index in [1.165, 1.54) is 103 Å². The van der Waals surface area contributed by atoms with E-state index in [1.54, 1.807) is 0 Å². The van der Waals surface area contributed by atoms with Crippen LogP contribution in [0.1, 0.15) is 103 Å². The largest absolute Gasteiger partial charge is 0.354 e. The third-order valence-electron chi connectivity index (χ3n) is 11.7. The van der Waals surface area contributed by atoms with Gasteiger partial charge in [0.05, 0.1) is 12.1 Å². The smallest absolute Gasteiger partial charge is 0.236 e. The molecule has 0 bridgehead atoms. The fourth-order valence-corrected chi connectivity index (χ4v) is 8.02. The zero-order valence-electron chi connectivity index (χ0n) is 31.7. The highest BCUT2D eigenvalue weighted by Crippen LogP contribution is 2.29. The molecular formula is C38H78N10O2. The molecule has 0 aromatic heterocycles. The van der Waals surface area contributed by atoms with Crippen molar-refractivity contribution in [3.05, 3.63) is 0 Å². The van der Waals surface area contributed by atoms with Crippen LogP contribution in [0.15, 0.2) is 0 Å². The van der Waals surface area contributed by atoms with Gasteiger partial charge in [-0.05, 0) is 166 Å². The van der Waals surface area contributed by atoms with E-state index in [9.17, 15) is 9.59 Å². The van der Waals surface area contributed by atoms with Crippen LogP contribution in [0.3, 0.4) is 0 Å². The Morgan fingerprint density at radius 3 is 1.20 bits per heavy atom. The van der Waals surface area contributed by atoms with Crippen LogP contribution in [0.25, 0.3) is 0 Å². The Morgan fingerprint density at radius 2 is 0.860 bits per heavy atom. The number of piperazine rings is 1. The molecule has 0 aromatic rings. The van der Waals surface area contributed by atoms with Crippen LogP contribution in [0.2, 0.25) is 0 Å². The predicted molar refractivity (Wildman–Crippen MR) is 207 cm³/mol. The number of nitrogens with one attached hydrogen (secondary N) is 4. The third kappa shape index (κ3) is 18.4. The molecule has 0 radical (unpaired) electrons. The molecule has 2 aliphatic carbocycles. The SMILES string of the molecule is NCCCC[C@H](N)C(=O)NCC1CCC(CNCCCN2CCN(CCCNCC3CCC(CNC(=O)[C@@H](N)CCCCN)CC3)CC2)CC1. The van der Waals surface area contributed by atoms with Crippen molar-refractivity contribution in [3.63, 3.8) is 0 Å². The molecule has 1 heterocycles. The number of carbonyl (C=O) groups excluding carboxylic acids is 2. The Morgan fingerprint density at radius 1 is 0.520 bits per heavy atom. The van der Waals surface area contributed by atoms with Gasteiger partial charge < -0.3 is 54.0 Å². The Kier molecular flexibility index (Phi) is 22.7. The van der Waals surface area contributed by atoms with Gasteiger partial charge in [0.1, 0.15) is 0 Å². The molecule has 3 fully saturated rings. The van der Waals surface area contributed by atoms with Gasteiger partial charge in [-0.15, -0.1) is 0 Å². The number of unbranched alkanes of at least 4 members (excludes halogenated alkanes) is 2. The van der Waals surface area contributed by atoms with Gasteiger partial charge in [-0.3, -0.25) is 9.59 Å². The van der Waals surface area contributed by atoms with Crippen LogP contribution >= 0.6 is 0 Å². The van der Waals surface area contributed by atoms with Crippen molar-refractivity contribution in [2.24, 2.45) is 46.6 Å². The first-order chi connectivity index (χ1) is 24.4. The molecule has 292 valence electrons. The Labute approximate surface area is 305 Å². The number of hydrogen-bond donors (Lipinski definition) is 8. The minimum Gasteiger partial charge on any atom is -0.354 e. The van der Waals surface area contributed by atoms with E-state index in [0.717, 1.165) is 89.6 Å². The second-order valence-electron chi connectivity index (χ2n) is 15.8. The molecule has 1 saturated heterocycles. The molecule has 0 unspecified atom stereocenters. The van der Waals surface area contributed by atoms with E-state index in [2.05, 4.69) is 31.1 Å². The number of rotatable bonds is 26. The summed E-state index contributed by atoms with van der Waals surface area (Å²) in [4.78, 5) is 29.8. The maximum absolute atomic E-state index is 12.3. The normalized spacial score (nSPS) is 24.9. The average molecular weight is 707 g/mol. The van der Waals surface area contributed by atoms with E-state index < -0.39 is 12.1 Å². The summed E-state index contributed by atoms with van der Waals surface area (Å²) in [5, 5.41) is 13.6. The highest BCUT2D eigenvalue weighted by atomic mass is 16.2. The van der Waals surface area contributed by atoms with Crippen LogP contribution in [-0.4, -0.2) is 125 Å². The standard InChI is InChI=1S/C38H78N10O2/c39-17-3-1-7-35(41)37(49)45-29-33-13-9-31(10-14-33)27-43-19-5-21-47-23-25-48(26-24-47)22-6-20-44-28-32-11-15-34(16-12-32)30-46-38(50)36(42)8-2-4-18-40/h31-36,43-44H,1-30,39-42H2,(H,45,49)(H,46,50)/t31?,32?,33?,34?,35-,36-/m0/s1. The van der Waals surface area contributed by atoms with Crippen molar-refractivity contribution in [2.45, 2.75) is 115 Å². The Bertz CT molecular complexity index is 804. The van der Waals surface area contributed by atoms with E-state index in [1.807, 2.05) is 0 Å². The van der Waals surface area contributed by atoms with E-state index in [4.69, 9.17) is 22.9 Å². The summed E-state index contributed by atoms with van der Waals surface area (Å²) >= 11 is 0. The molecule has 2 saturated carbocycles. The summed E-state index contributed by atoms with van der Waals surface area (Å²) in [5.74, 6) is 2.71. The van der Waals surface area contributed by atoms with Crippen molar-refractivity contribution in [1.29, 1.82) is 0 Å². The molecule has 0 aromatic carbocycles. The number of nitrogens with zero attached hydrogens (tertiary/aromatic N) is 2. The van der Waals surface area contributed by atoms with Crippen molar-refractivity contribution >= 4 is 11.8 Å². The van der Waals surface area contributed by atoms with Crippen molar-refractivity contribution in [1.82, 2.24) is 31.1 Å². The summed E-state index contributed by atoms with van der Waals surface area (Å²) in [7, 11) is 0. The van der Waals surface area contributed by atoms with E-state index in [0.29, 0.717) is 24.9 Å². The topological polar surface area (TPSA) is 193 Å². The predicted octanol–water partition coefficient (Wildman–Crippen LogP) is 1.32. The molecule has 12 N–H and O–H groups in total. The van der Waals surface area contributed by atoms with Crippen LogP contribution < -0.4 is 44.2 Å². The number of hydrogen-bond acceptors (Lipinski definition) is 10. The van der Waals surface area contributed by atoms with Gasteiger partial charge in [0.2, 0.25) is 11.8 Å². The van der Waals surface area contributed by atoms with Gasteiger partial charge in [-0.2, -0.15) is 0 Å². The molecule has 1 aliphatic heterocycles. The lowest BCUT2D eigenvalue weighted by atomic mass is 9.82. The fourth-order valence-electron chi connectivity index (χ4n) is 8.02. The van der Waals surface area contributed by atoms with Gasteiger partial charge in [0.15, 0.2) is 0 Å². The molecule has 2 amide bonds. The van der Waals surface area contributed by atoms with Gasteiger partial charge >= 0.3 is 0 Å². The van der Waals surface area contributed by atoms with Gasteiger partial charge in [-0.25, -0.2) is 0 Å². The lowest BCUT2D eigenvalue weighted by molar-refractivity contribution is -0.123. The van der Waals surface area contributed by atoms with Crippen LogP contribution in [0.5, 0.6) is 0 Å². The average Bonchev–Trinajstić information content (AvgIpc) is 3.14. The first kappa shape index (κ1) is 43.0. The molecule has 12 nitrogen and oxygen atoms in total. The summed E-state index contributed by atoms with van der Waals surface area (Å²) < 4.78 is 0. The van der Waals surface area contributed by atoms with E-state index in [-0.39, 0.29) is 11.8 Å². The summed E-state index contributed by atoms with van der Waals surface area (Å²) in [6, 6.07) is -0.798. The molecule has 12 heteroatoms. The van der Waals surface area contributed by atoms with Crippen LogP contribution in [-0.2, 0) is 9.59 Å². The fraction of sp³-hybridized carbons (Fsp3) is 0.947. The van der Waals surface area contributed by atoms with Crippen molar-refractivity contribution < 1.29 is 9.59 Å². The Balaban J connectivity index is 1.08. The third-order valence-corrected chi connectivity index (χ3v) is 11.7. The molecule has 3 rings (SSSR count). The second-order valence-corrected chi connectivity index (χ2v) is 15.8. The lowest BCUT2D eigenvalue weighted by Crippen LogP contribution is -2.47. The minimum absolute atomic E-state index is 0.00164. The number of carbonyl (C=O) groups is 2. The maximum atomic E-state index is 12.3. The maximum Gasteiger partial charge on any atom is 0.236 e. The monoisotopic (exact) mass is 707 g/mol. The van der Waals surface area contributed by atoms with Crippen molar-refractivity contribution in [3.8, 4) is 0 Å². The van der Waals surface area contributed by atoms with Crippen LogP contribution in [0, 0.1) is 23.7 Å². The second kappa shape index (κ2) is 26.4. The molecule has 50 heavy (non-hydrogen) atoms. The van der Waals surface area contributed by atoms with Crippen LogP contribution in [0.4, 0.5) is 0 Å². The number of nitrogens with two attached hydrogens (primary N) is 4. The van der Waals surface area contributed by atoms with E-state index >= 15 is 0 Å². The lowest BCUT2D eigenvalue weighted by Gasteiger charge is -2.35. The summed E-state index contributed by atoms with van der Waals surface area (Å²) in [6.45, 7) is 14.5. The first-order valence-electron chi connectivity index (χ1n) is 20.7. The highest BCUT2D eigenvalue weighted by molar-refractivity contribution is 5.81. The number of amides is 2. The summed E-state index contributed by atoms with van der Waals surface area (Å²) in [6.07, 6.45) is 17.4. The molecule has 2 atom stereocenters. The molecule has 0 spiro atoms. The van der Waals surface area contributed by atoms with Gasteiger partial charge in [0, 0.05) is 39.3 Å². The molecular weight excluding hydrogens is 628 g/mol. The Hall–Kier alpha value is -1.38. The minimum atomic E-state index is -0.399. The van der Waals surface area contributed by atoms with Gasteiger partial charge in [-0.1, -0.05) is 12.8 Å². The van der Waals surface area contributed by atoms with Gasteiger partial charge in [0.25, 0.3) is 0 Å². The van der Waals surface area contributed by atoms with Crippen molar-refractivity contribution in [2.75, 3.05) is 91.6 Å². The molecule has 3 aliphatic rings. The zero-order chi connectivity index (χ0) is 35.8. The zero-order valence-corrected chi connectivity index (χ0v) is 31.7. The summed E-state index contributed by atoms with van der Waals surface area (Å²) in [5.41, 5.74) is 23.1. The first-order valence-corrected chi connectivity index (χ1v) is 20.7.